The van der Waals surface area contributed by atoms with E-state index in [1.54, 1.807) is 30.5 Å². The lowest BCUT2D eigenvalue weighted by Crippen LogP contribution is -2.04. The molecule has 0 aliphatic rings. The summed E-state index contributed by atoms with van der Waals surface area (Å²) in [6.45, 7) is 0. The average molecular weight is 291 g/mol. The van der Waals surface area contributed by atoms with Gasteiger partial charge in [-0.3, -0.25) is 0 Å². The number of aromatic nitrogens is 1. The summed E-state index contributed by atoms with van der Waals surface area (Å²) >= 11 is 0. The summed E-state index contributed by atoms with van der Waals surface area (Å²) in [5.41, 5.74) is 1.37. The number of para-hydroxylation sites is 1. The van der Waals surface area contributed by atoms with Crippen molar-refractivity contribution in [1.29, 1.82) is 0 Å². The number of alkyl halides is 3. The summed E-state index contributed by atoms with van der Waals surface area (Å²) < 4.78 is 38.4. The van der Waals surface area contributed by atoms with Gasteiger partial charge in [-0.25, -0.2) is 0 Å². The van der Waals surface area contributed by atoms with Gasteiger partial charge in [0.1, 0.15) is 5.75 Å². The van der Waals surface area contributed by atoms with Crippen LogP contribution in [0.2, 0.25) is 0 Å². The molecule has 0 saturated heterocycles. The van der Waals surface area contributed by atoms with Gasteiger partial charge < -0.3 is 10.1 Å². The summed E-state index contributed by atoms with van der Waals surface area (Å²) in [6.07, 6.45) is -2.32. The summed E-state index contributed by atoms with van der Waals surface area (Å²) in [6, 6.07) is 10.4. The average Bonchev–Trinajstić information content (AvgIpc) is 2.83. The Morgan fingerprint density at radius 1 is 1.00 bits per heavy atom. The molecule has 1 aromatic heterocycles. The van der Waals surface area contributed by atoms with E-state index in [2.05, 4.69) is 4.98 Å². The zero-order valence-electron chi connectivity index (χ0n) is 10.9. The molecule has 1 heterocycles. The minimum atomic E-state index is -4.36. The van der Waals surface area contributed by atoms with E-state index in [9.17, 15) is 18.3 Å². The molecule has 0 radical (unpaired) electrons. The molecule has 108 valence electrons. The Bertz CT molecular complexity index is 790. The second-order valence-electron chi connectivity index (χ2n) is 4.88. The lowest BCUT2D eigenvalue weighted by molar-refractivity contribution is -0.137. The Morgan fingerprint density at radius 2 is 1.76 bits per heavy atom. The first-order valence-electron chi connectivity index (χ1n) is 6.39. The topological polar surface area (TPSA) is 36.0 Å². The number of aromatic hydroxyl groups is 1. The molecule has 0 aliphatic heterocycles. The van der Waals surface area contributed by atoms with E-state index in [-0.39, 0.29) is 5.75 Å². The van der Waals surface area contributed by atoms with Gasteiger partial charge in [0.25, 0.3) is 0 Å². The Kier molecular flexibility index (Phi) is 3.12. The van der Waals surface area contributed by atoms with E-state index in [1.165, 1.54) is 6.07 Å². The number of phenolic OH excluding ortho intramolecular Hbond substituents is 1. The third-order valence-electron chi connectivity index (χ3n) is 3.47. The fourth-order valence-electron chi connectivity index (χ4n) is 2.37. The summed E-state index contributed by atoms with van der Waals surface area (Å²) in [7, 11) is 0. The van der Waals surface area contributed by atoms with Crippen LogP contribution in [-0.2, 0) is 12.6 Å². The first-order valence-corrected chi connectivity index (χ1v) is 6.39. The molecule has 3 rings (SSSR count). The van der Waals surface area contributed by atoms with Crippen LogP contribution in [0.3, 0.4) is 0 Å². The number of hydrogen-bond acceptors (Lipinski definition) is 1. The van der Waals surface area contributed by atoms with E-state index in [0.717, 1.165) is 17.7 Å². The third-order valence-corrected chi connectivity index (χ3v) is 3.47. The van der Waals surface area contributed by atoms with Gasteiger partial charge in [-0.1, -0.05) is 18.2 Å². The number of halogens is 3. The zero-order valence-corrected chi connectivity index (χ0v) is 10.9. The number of rotatable bonds is 2. The molecule has 3 aromatic rings. The maximum absolute atomic E-state index is 12.8. The lowest BCUT2D eigenvalue weighted by atomic mass is 10.0. The van der Waals surface area contributed by atoms with Gasteiger partial charge in [0, 0.05) is 23.5 Å². The van der Waals surface area contributed by atoms with E-state index >= 15 is 0 Å². The van der Waals surface area contributed by atoms with Crippen molar-refractivity contribution in [2.45, 2.75) is 12.6 Å². The molecule has 0 unspecified atom stereocenters. The van der Waals surface area contributed by atoms with Crippen molar-refractivity contribution in [2.75, 3.05) is 0 Å². The van der Waals surface area contributed by atoms with Crippen LogP contribution in [0.25, 0.3) is 10.9 Å². The predicted molar refractivity (Wildman–Crippen MR) is 74.2 cm³/mol. The molecule has 0 saturated carbocycles. The lowest BCUT2D eigenvalue weighted by Gasteiger charge is -2.07. The summed E-state index contributed by atoms with van der Waals surface area (Å²) in [4.78, 5) is 2.96. The first-order chi connectivity index (χ1) is 9.95. The van der Waals surface area contributed by atoms with E-state index < -0.39 is 11.7 Å². The van der Waals surface area contributed by atoms with Gasteiger partial charge in [-0.15, -0.1) is 0 Å². The summed E-state index contributed by atoms with van der Waals surface area (Å²) in [5.74, 6) is 0.138. The van der Waals surface area contributed by atoms with Crippen molar-refractivity contribution in [3.8, 4) is 5.75 Å². The Labute approximate surface area is 118 Å². The number of H-pyrrole nitrogens is 1. The highest BCUT2D eigenvalue weighted by atomic mass is 19.4. The first kappa shape index (κ1) is 13.5. The molecule has 21 heavy (non-hydrogen) atoms. The molecule has 0 atom stereocenters. The smallest absolute Gasteiger partial charge is 0.416 e. The second-order valence-corrected chi connectivity index (χ2v) is 4.88. The van der Waals surface area contributed by atoms with E-state index in [0.29, 0.717) is 22.9 Å². The van der Waals surface area contributed by atoms with Gasteiger partial charge in [-0.05, 0) is 35.4 Å². The van der Waals surface area contributed by atoms with Crippen LogP contribution in [-0.4, -0.2) is 10.1 Å². The molecule has 2 N–H and O–H groups in total. The van der Waals surface area contributed by atoms with Crippen LogP contribution in [0, 0.1) is 0 Å². The highest BCUT2D eigenvalue weighted by Crippen LogP contribution is 2.33. The molecular weight excluding hydrogens is 279 g/mol. The number of aromatic amines is 1. The minimum absolute atomic E-state index is 0.138. The van der Waals surface area contributed by atoms with Crippen LogP contribution < -0.4 is 0 Å². The fourth-order valence-corrected chi connectivity index (χ4v) is 2.37. The molecule has 0 bridgehead atoms. The van der Waals surface area contributed by atoms with Crippen molar-refractivity contribution in [1.82, 2.24) is 4.98 Å². The van der Waals surface area contributed by atoms with Crippen molar-refractivity contribution >= 4 is 10.9 Å². The minimum Gasteiger partial charge on any atom is -0.508 e. The highest BCUT2D eigenvalue weighted by Gasteiger charge is 2.30. The van der Waals surface area contributed by atoms with Crippen molar-refractivity contribution in [3.05, 3.63) is 65.4 Å². The quantitative estimate of drug-likeness (QED) is 0.717. The number of fused-ring (bicyclic) bond motifs is 1. The molecule has 0 amide bonds. The van der Waals surface area contributed by atoms with E-state index in [1.807, 2.05) is 0 Å². The second kappa shape index (κ2) is 4.84. The fraction of sp³-hybridized carbons (Fsp3) is 0.125. The van der Waals surface area contributed by atoms with Gasteiger partial charge in [0.2, 0.25) is 0 Å². The van der Waals surface area contributed by atoms with Crippen molar-refractivity contribution in [3.63, 3.8) is 0 Å². The third kappa shape index (κ3) is 2.59. The van der Waals surface area contributed by atoms with Crippen LogP contribution in [0.5, 0.6) is 5.75 Å². The molecular formula is C16H12F3NO. The van der Waals surface area contributed by atoms with Crippen molar-refractivity contribution in [2.24, 2.45) is 0 Å². The Morgan fingerprint density at radius 3 is 2.48 bits per heavy atom. The number of nitrogens with one attached hydrogen (secondary N) is 1. The highest BCUT2D eigenvalue weighted by molar-refractivity contribution is 5.84. The van der Waals surface area contributed by atoms with Gasteiger partial charge in [0.05, 0.1) is 5.56 Å². The predicted octanol–water partition coefficient (Wildman–Crippen LogP) is 4.48. The molecule has 0 spiro atoms. The van der Waals surface area contributed by atoms with Crippen molar-refractivity contribution < 1.29 is 18.3 Å². The van der Waals surface area contributed by atoms with Crippen LogP contribution in [0.15, 0.2) is 48.7 Å². The molecule has 2 nitrogen and oxygen atoms in total. The maximum Gasteiger partial charge on any atom is 0.416 e. The Hall–Kier alpha value is -2.43. The monoisotopic (exact) mass is 291 g/mol. The molecule has 5 heteroatoms. The number of hydrogen-bond donors (Lipinski definition) is 2. The van der Waals surface area contributed by atoms with E-state index in [4.69, 9.17) is 0 Å². The van der Waals surface area contributed by atoms with Crippen LogP contribution in [0.4, 0.5) is 13.2 Å². The normalized spacial score (nSPS) is 12.0. The molecule has 2 aromatic carbocycles. The van der Waals surface area contributed by atoms with Crippen LogP contribution >= 0.6 is 0 Å². The summed E-state index contributed by atoms with van der Waals surface area (Å²) in [5, 5.41) is 10.3. The maximum atomic E-state index is 12.8. The van der Waals surface area contributed by atoms with Gasteiger partial charge in [-0.2, -0.15) is 13.2 Å². The number of benzene rings is 2. The standard InChI is InChI=1S/C16H12F3NO/c17-16(18,19)12-5-6-14-13(8-12)11(9-20-14)7-10-3-1-2-4-15(10)21/h1-6,8-9,20-21H,7H2. The largest absolute Gasteiger partial charge is 0.508 e. The zero-order chi connectivity index (χ0) is 15.0. The van der Waals surface area contributed by atoms with Gasteiger partial charge in [0.15, 0.2) is 0 Å². The number of phenols is 1. The Balaban J connectivity index is 2.05. The molecule has 0 fully saturated rings. The van der Waals surface area contributed by atoms with Crippen LogP contribution in [0.1, 0.15) is 16.7 Å². The SMILES string of the molecule is Oc1ccccc1Cc1c[nH]c2ccc(C(F)(F)F)cc12. The molecule has 0 aliphatic carbocycles. The van der Waals surface area contributed by atoms with Gasteiger partial charge >= 0.3 is 6.18 Å².